The summed E-state index contributed by atoms with van der Waals surface area (Å²) in [6, 6.07) is 6.19. The molecule has 0 radical (unpaired) electrons. The maximum Gasteiger partial charge on any atom is 0.335 e. The number of carboxylic acid groups (broad SMARTS) is 1. The van der Waals surface area contributed by atoms with Gasteiger partial charge in [-0.25, -0.2) is 4.79 Å². The fourth-order valence-electron chi connectivity index (χ4n) is 3.00. The van der Waals surface area contributed by atoms with Crippen molar-refractivity contribution >= 4 is 11.7 Å². The van der Waals surface area contributed by atoms with Gasteiger partial charge in [-0.15, -0.1) is 0 Å². The third-order valence-electron chi connectivity index (χ3n) is 4.15. The number of hydrogen-bond acceptors (Lipinski definition) is 3. The number of aryl methyl sites for hydroxylation is 1. The molecule has 1 aliphatic heterocycles. The molecule has 110 valence electrons. The predicted molar refractivity (Wildman–Crippen MR) is 81.7 cm³/mol. The molecule has 0 saturated carbocycles. The zero-order valence-corrected chi connectivity index (χ0v) is 12.6. The molecule has 0 spiro atoms. The molecular formula is C16H24N2O2. The summed E-state index contributed by atoms with van der Waals surface area (Å²) in [7, 11) is 2.17. The minimum Gasteiger partial charge on any atom is -0.478 e. The number of anilines is 1. The van der Waals surface area contributed by atoms with E-state index in [-0.39, 0.29) is 0 Å². The third-order valence-corrected chi connectivity index (χ3v) is 4.15. The van der Waals surface area contributed by atoms with E-state index in [1.54, 1.807) is 6.07 Å². The third kappa shape index (κ3) is 3.12. The van der Waals surface area contributed by atoms with Gasteiger partial charge in [0, 0.05) is 24.8 Å². The lowest BCUT2D eigenvalue weighted by Gasteiger charge is -2.32. The zero-order chi connectivity index (χ0) is 14.7. The number of carbonyl (C=O) groups is 1. The fourth-order valence-corrected chi connectivity index (χ4v) is 3.00. The van der Waals surface area contributed by atoms with Gasteiger partial charge in [0.15, 0.2) is 0 Å². The van der Waals surface area contributed by atoms with Crippen LogP contribution in [0.4, 0.5) is 5.69 Å². The lowest BCUT2D eigenvalue weighted by Crippen LogP contribution is -2.39. The molecule has 4 nitrogen and oxygen atoms in total. The molecule has 1 aromatic rings. The van der Waals surface area contributed by atoms with Crippen LogP contribution in [0, 0.1) is 6.92 Å². The summed E-state index contributed by atoms with van der Waals surface area (Å²) in [5, 5.41) is 9.12. The molecular weight excluding hydrogens is 252 g/mol. The highest BCUT2D eigenvalue weighted by Crippen LogP contribution is 2.24. The van der Waals surface area contributed by atoms with Crippen molar-refractivity contribution in [3.05, 3.63) is 29.3 Å². The summed E-state index contributed by atoms with van der Waals surface area (Å²) in [5.41, 5.74) is 2.38. The zero-order valence-electron chi connectivity index (χ0n) is 12.6. The molecule has 1 aromatic carbocycles. The van der Waals surface area contributed by atoms with Gasteiger partial charge in [0.2, 0.25) is 0 Å². The van der Waals surface area contributed by atoms with Gasteiger partial charge in [0.05, 0.1) is 5.56 Å². The van der Waals surface area contributed by atoms with Crippen LogP contribution in [0.1, 0.15) is 35.7 Å². The highest BCUT2D eigenvalue weighted by atomic mass is 16.4. The number of carboxylic acids is 1. The number of benzene rings is 1. The quantitative estimate of drug-likeness (QED) is 0.921. The Morgan fingerprint density at radius 1 is 1.40 bits per heavy atom. The Balaban J connectivity index is 2.28. The van der Waals surface area contributed by atoms with Gasteiger partial charge in [-0.2, -0.15) is 0 Å². The van der Waals surface area contributed by atoms with E-state index in [2.05, 4.69) is 23.8 Å². The topological polar surface area (TPSA) is 43.8 Å². The molecule has 1 aliphatic rings. The van der Waals surface area contributed by atoms with E-state index in [0.717, 1.165) is 43.7 Å². The molecule has 4 heteroatoms. The molecule has 0 aromatic heterocycles. The number of aromatic carboxylic acids is 1. The predicted octanol–water partition coefficient (Wildman–Crippen LogP) is 2.61. The van der Waals surface area contributed by atoms with Gasteiger partial charge in [0.1, 0.15) is 0 Å². The number of nitrogens with zero attached hydrogens (tertiary/aromatic N) is 2. The summed E-state index contributed by atoms with van der Waals surface area (Å²) < 4.78 is 0. The SMILES string of the molecule is CCC1CN(C)CCCN1c1ccc(C(=O)O)c(C)c1. The first-order chi connectivity index (χ1) is 9.52. The molecule has 0 amide bonds. The van der Waals surface area contributed by atoms with E-state index in [9.17, 15) is 4.79 Å². The van der Waals surface area contributed by atoms with E-state index >= 15 is 0 Å². The first kappa shape index (κ1) is 14.9. The average molecular weight is 276 g/mol. The number of rotatable bonds is 3. The first-order valence-electron chi connectivity index (χ1n) is 7.32. The van der Waals surface area contributed by atoms with Crippen LogP contribution in [0.25, 0.3) is 0 Å². The monoisotopic (exact) mass is 276 g/mol. The lowest BCUT2D eigenvalue weighted by molar-refractivity contribution is 0.0696. The van der Waals surface area contributed by atoms with Crippen LogP contribution < -0.4 is 4.90 Å². The van der Waals surface area contributed by atoms with Crippen LogP contribution in [-0.2, 0) is 0 Å². The first-order valence-corrected chi connectivity index (χ1v) is 7.32. The summed E-state index contributed by atoms with van der Waals surface area (Å²) >= 11 is 0. The van der Waals surface area contributed by atoms with Gasteiger partial charge in [-0.1, -0.05) is 6.92 Å². The molecule has 1 unspecified atom stereocenters. The Morgan fingerprint density at radius 2 is 2.15 bits per heavy atom. The van der Waals surface area contributed by atoms with Crippen LogP contribution in [0.3, 0.4) is 0 Å². The van der Waals surface area contributed by atoms with Crippen molar-refractivity contribution in [2.45, 2.75) is 32.7 Å². The second kappa shape index (κ2) is 6.27. The van der Waals surface area contributed by atoms with Gasteiger partial charge < -0.3 is 14.9 Å². The van der Waals surface area contributed by atoms with E-state index in [1.165, 1.54) is 0 Å². The van der Waals surface area contributed by atoms with Crippen LogP contribution >= 0.6 is 0 Å². The van der Waals surface area contributed by atoms with Crippen LogP contribution in [-0.4, -0.2) is 48.7 Å². The van der Waals surface area contributed by atoms with Crippen molar-refractivity contribution in [2.75, 3.05) is 31.6 Å². The van der Waals surface area contributed by atoms with Crippen molar-refractivity contribution in [1.82, 2.24) is 4.90 Å². The second-order valence-electron chi connectivity index (χ2n) is 5.68. The van der Waals surface area contributed by atoms with Crippen LogP contribution in [0.15, 0.2) is 18.2 Å². The summed E-state index contributed by atoms with van der Waals surface area (Å²) in [6.07, 6.45) is 2.25. The Morgan fingerprint density at radius 3 is 2.75 bits per heavy atom. The molecule has 20 heavy (non-hydrogen) atoms. The Kier molecular flexibility index (Phi) is 4.65. The minimum atomic E-state index is -0.850. The Labute approximate surface area is 121 Å². The molecule has 1 N–H and O–H groups in total. The summed E-state index contributed by atoms with van der Waals surface area (Å²) in [5.74, 6) is -0.850. The second-order valence-corrected chi connectivity index (χ2v) is 5.68. The van der Waals surface area contributed by atoms with Crippen molar-refractivity contribution in [2.24, 2.45) is 0 Å². The molecule has 1 fully saturated rings. The van der Waals surface area contributed by atoms with Crippen LogP contribution in [0.5, 0.6) is 0 Å². The number of hydrogen-bond donors (Lipinski definition) is 1. The van der Waals surface area contributed by atoms with E-state index in [0.29, 0.717) is 11.6 Å². The van der Waals surface area contributed by atoms with E-state index < -0.39 is 5.97 Å². The lowest BCUT2D eigenvalue weighted by atomic mass is 10.1. The normalized spacial score (nSPS) is 20.8. The van der Waals surface area contributed by atoms with Crippen LogP contribution in [0.2, 0.25) is 0 Å². The Hall–Kier alpha value is -1.55. The van der Waals surface area contributed by atoms with Gasteiger partial charge in [0.25, 0.3) is 0 Å². The highest BCUT2D eigenvalue weighted by molar-refractivity contribution is 5.89. The van der Waals surface area contributed by atoms with Gasteiger partial charge in [-0.3, -0.25) is 0 Å². The van der Waals surface area contributed by atoms with Gasteiger partial charge in [-0.05, 0) is 57.1 Å². The average Bonchev–Trinajstić information content (AvgIpc) is 2.59. The van der Waals surface area contributed by atoms with Crippen molar-refractivity contribution in [1.29, 1.82) is 0 Å². The maximum absolute atomic E-state index is 11.1. The van der Waals surface area contributed by atoms with Gasteiger partial charge >= 0.3 is 5.97 Å². The Bertz CT molecular complexity index is 487. The van der Waals surface area contributed by atoms with E-state index in [4.69, 9.17) is 5.11 Å². The summed E-state index contributed by atoms with van der Waals surface area (Å²) in [4.78, 5) is 15.9. The molecule has 2 rings (SSSR count). The molecule has 1 atom stereocenters. The highest BCUT2D eigenvalue weighted by Gasteiger charge is 2.22. The molecule has 1 saturated heterocycles. The fraction of sp³-hybridized carbons (Fsp3) is 0.562. The van der Waals surface area contributed by atoms with Crippen molar-refractivity contribution in [3.8, 4) is 0 Å². The summed E-state index contributed by atoms with van der Waals surface area (Å²) in [6.45, 7) is 7.32. The maximum atomic E-state index is 11.1. The van der Waals surface area contributed by atoms with Crippen molar-refractivity contribution < 1.29 is 9.90 Å². The van der Waals surface area contributed by atoms with Crippen molar-refractivity contribution in [3.63, 3.8) is 0 Å². The largest absolute Gasteiger partial charge is 0.478 e. The smallest absolute Gasteiger partial charge is 0.335 e. The number of likely N-dealkylation sites (N-methyl/N-ethyl adjacent to an activating group) is 1. The van der Waals surface area contributed by atoms with E-state index in [1.807, 2.05) is 19.1 Å². The standard InChI is InChI=1S/C16H24N2O2/c1-4-13-11-17(3)8-5-9-18(13)14-6-7-15(16(19)20)12(2)10-14/h6-7,10,13H,4-5,8-9,11H2,1-3H3,(H,19,20). The minimum absolute atomic E-state index is 0.397. The molecule has 0 aliphatic carbocycles. The molecule has 1 heterocycles. The molecule has 0 bridgehead atoms.